The Bertz CT molecular complexity index is 814. The molecule has 1 aliphatic heterocycles. The Balaban J connectivity index is 1.56. The van der Waals surface area contributed by atoms with Crippen LogP contribution in [0.25, 0.3) is 0 Å². The fourth-order valence-electron chi connectivity index (χ4n) is 4.33. The van der Waals surface area contributed by atoms with Crippen molar-refractivity contribution in [1.82, 2.24) is 9.57 Å². The second-order valence-corrected chi connectivity index (χ2v) is 9.90. The number of benzene rings is 3. The first kappa shape index (κ1) is 19.3. The van der Waals surface area contributed by atoms with Crippen LogP contribution in [0.5, 0.6) is 0 Å². The summed E-state index contributed by atoms with van der Waals surface area (Å²) in [4.78, 5) is 2.64. The summed E-state index contributed by atoms with van der Waals surface area (Å²) in [5, 5.41) is 2.86. The Hall–Kier alpha value is -1.99. The SMILES string of the molecule is C[C@@H]1[C@H](N(C)P(c2ccccc2)c2ccccc2)CCN1Cc1ccccc1. The van der Waals surface area contributed by atoms with Gasteiger partial charge in [0.25, 0.3) is 0 Å². The van der Waals surface area contributed by atoms with E-state index in [0.29, 0.717) is 12.1 Å². The van der Waals surface area contributed by atoms with Gasteiger partial charge in [0.1, 0.15) is 0 Å². The van der Waals surface area contributed by atoms with E-state index in [4.69, 9.17) is 0 Å². The molecule has 0 spiro atoms. The fourth-order valence-corrected chi connectivity index (χ4v) is 6.87. The normalized spacial score (nSPS) is 20.1. The molecule has 0 aliphatic carbocycles. The third-order valence-corrected chi connectivity index (χ3v) is 8.37. The van der Waals surface area contributed by atoms with E-state index >= 15 is 0 Å². The molecule has 0 aromatic heterocycles. The maximum atomic E-state index is 2.66. The molecule has 0 radical (unpaired) electrons. The first-order valence-electron chi connectivity index (χ1n) is 10.1. The highest BCUT2D eigenvalue weighted by atomic mass is 31.1. The zero-order valence-electron chi connectivity index (χ0n) is 16.8. The summed E-state index contributed by atoms with van der Waals surface area (Å²) in [6, 6.07) is 34.0. The smallest absolute Gasteiger partial charge is 0.0302 e. The van der Waals surface area contributed by atoms with Crippen LogP contribution in [0.4, 0.5) is 0 Å². The monoisotopic (exact) mass is 388 g/mol. The molecule has 0 bridgehead atoms. The van der Waals surface area contributed by atoms with E-state index in [1.54, 1.807) is 0 Å². The Labute approximate surface area is 170 Å². The van der Waals surface area contributed by atoms with E-state index in [9.17, 15) is 0 Å². The van der Waals surface area contributed by atoms with Crippen LogP contribution in [-0.2, 0) is 6.54 Å². The molecule has 3 aromatic rings. The number of rotatable bonds is 6. The van der Waals surface area contributed by atoms with Gasteiger partial charge in [0.2, 0.25) is 0 Å². The van der Waals surface area contributed by atoms with Gasteiger partial charge in [-0.1, -0.05) is 91.0 Å². The molecular weight excluding hydrogens is 359 g/mol. The van der Waals surface area contributed by atoms with Crippen LogP contribution in [0.3, 0.4) is 0 Å². The summed E-state index contributed by atoms with van der Waals surface area (Å²) in [7, 11) is 1.81. The molecule has 144 valence electrons. The van der Waals surface area contributed by atoms with Crippen molar-refractivity contribution in [3.63, 3.8) is 0 Å². The van der Waals surface area contributed by atoms with Crippen molar-refractivity contribution in [2.75, 3.05) is 13.6 Å². The van der Waals surface area contributed by atoms with Gasteiger partial charge in [0.15, 0.2) is 0 Å². The van der Waals surface area contributed by atoms with Crippen molar-refractivity contribution in [3.8, 4) is 0 Å². The number of likely N-dealkylation sites (tertiary alicyclic amines) is 1. The highest BCUT2D eigenvalue weighted by Crippen LogP contribution is 2.42. The molecule has 2 nitrogen and oxygen atoms in total. The quantitative estimate of drug-likeness (QED) is 0.568. The Morgan fingerprint density at radius 2 is 1.32 bits per heavy atom. The summed E-state index contributed by atoms with van der Waals surface area (Å²) in [5.41, 5.74) is 1.41. The van der Waals surface area contributed by atoms with Crippen LogP contribution >= 0.6 is 8.07 Å². The first-order chi connectivity index (χ1) is 13.7. The van der Waals surface area contributed by atoms with Crippen molar-refractivity contribution in [3.05, 3.63) is 96.6 Å². The van der Waals surface area contributed by atoms with E-state index in [0.717, 1.165) is 13.1 Å². The van der Waals surface area contributed by atoms with Crippen LogP contribution in [0.1, 0.15) is 18.9 Å². The Morgan fingerprint density at radius 3 is 1.86 bits per heavy atom. The van der Waals surface area contributed by atoms with E-state index in [1.165, 1.54) is 22.6 Å². The summed E-state index contributed by atoms with van der Waals surface area (Å²) < 4.78 is 2.66. The van der Waals surface area contributed by atoms with Gasteiger partial charge < -0.3 is 0 Å². The maximum Gasteiger partial charge on any atom is 0.0302 e. The largest absolute Gasteiger partial charge is 0.295 e. The number of nitrogens with zero attached hydrogens (tertiary/aromatic N) is 2. The van der Waals surface area contributed by atoms with Crippen molar-refractivity contribution in [2.45, 2.75) is 32.0 Å². The lowest BCUT2D eigenvalue weighted by atomic mass is 10.1. The Kier molecular flexibility index (Phi) is 6.22. The molecule has 1 saturated heterocycles. The van der Waals surface area contributed by atoms with E-state index in [-0.39, 0.29) is 0 Å². The molecule has 1 heterocycles. The zero-order chi connectivity index (χ0) is 19.3. The molecule has 3 heteroatoms. The predicted octanol–water partition coefficient (Wildman–Crippen LogP) is 4.63. The minimum atomic E-state index is -0.521. The highest BCUT2D eigenvalue weighted by molar-refractivity contribution is 7.70. The van der Waals surface area contributed by atoms with Gasteiger partial charge >= 0.3 is 0 Å². The van der Waals surface area contributed by atoms with Gasteiger partial charge in [-0.25, -0.2) is 0 Å². The van der Waals surface area contributed by atoms with Crippen molar-refractivity contribution >= 4 is 18.7 Å². The van der Waals surface area contributed by atoms with Gasteiger partial charge in [-0.15, -0.1) is 0 Å². The third-order valence-electron chi connectivity index (χ3n) is 5.87. The summed E-state index contributed by atoms with van der Waals surface area (Å²) in [6.07, 6.45) is 1.23. The van der Waals surface area contributed by atoms with Gasteiger partial charge in [-0.2, -0.15) is 0 Å². The lowest BCUT2D eigenvalue weighted by Crippen LogP contribution is -2.41. The number of likely N-dealkylation sites (N-methyl/N-ethyl adjacent to an activating group) is 1. The predicted molar refractivity (Wildman–Crippen MR) is 122 cm³/mol. The maximum absolute atomic E-state index is 2.66. The van der Waals surface area contributed by atoms with Gasteiger partial charge in [0, 0.05) is 33.2 Å². The molecule has 0 unspecified atom stereocenters. The van der Waals surface area contributed by atoms with Crippen LogP contribution in [-0.4, -0.2) is 35.2 Å². The van der Waals surface area contributed by atoms with Crippen molar-refractivity contribution in [1.29, 1.82) is 0 Å². The number of hydrogen-bond acceptors (Lipinski definition) is 2. The van der Waals surface area contributed by atoms with Crippen LogP contribution < -0.4 is 10.6 Å². The lowest BCUT2D eigenvalue weighted by molar-refractivity contribution is 0.222. The van der Waals surface area contributed by atoms with Crippen LogP contribution in [0.15, 0.2) is 91.0 Å². The lowest BCUT2D eigenvalue weighted by Gasteiger charge is -2.37. The average Bonchev–Trinajstić information content (AvgIpc) is 3.11. The second-order valence-electron chi connectivity index (χ2n) is 7.61. The van der Waals surface area contributed by atoms with Gasteiger partial charge in [0.05, 0.1) is 0 Å². The molecule has 1 aliphatic rings. The fraction of sp³-hybridized carbons (Fsp3) is 0.280. The molecule has 3 aromatic carbocycles. The summed E-state index contributed by atoms with van der Waals surface area (Å²) in [5.74, 6) is 0. The molecule has 0 N–H and O–H groups in total. The highest BCUT2D eigenvalue weighted by Gasteiger charge is 2.36. The first-order valence-corrected chi connectivity index (χ1v) is 11.4. The zero-order valence-corrected chi connectivity index (χ0v) is 17.7. The topological polar surface area (TPSA) is 6.48 Å². The summed E-state index contributed by atoms with van der Waals surface area (Å²) in [6.45, 7) is 4.61. The molecule has 2 atom stereocenters. The van der Waals surface area contributed by atoms with E-state index in [1.807, 2.05) is 0 Å². The van der Waals surface area contributed by atoms with Crippen molar-refractivity contribution in [2.24, 2.45) is 0 Å². The molecular formula is C25H29N2P. The molecule has 1 fully saturated rings. The minimum absolute atomic E-state index is 0.521. The summed E-state index contributed by atoms with van der Waals surface area (Å²) >= 11 is 0. The van der Waals surface area contributed by atoms with Crippen LogP contribution in [0.2, 0.25) is 0 Å². The molecule has 4 rings (SSSR count). The van der Waals surface area contributed by atoms with Gasteiger partial charge in [-0.05, 0) is 36.6 Å². The average molecular weight is 388 g/mol. The van der Waals surface area contributed by atoms with E-state index in [2.05, 4.69) is 115 Å². The second kappa shape index (κ2) is 9.01. The molecule has 0 saturated carbocycles. The minimum Gasteiger partial charge on any atom is -0.295 e. The number of hydrogen-bond donors (Lipinski definition) is 0. The molecule has 0 amide bonds. The Morgan fingerprint density at radius 1 is 0.821 bits per heavy atom. The van der Waals surface area contributed by atoms with Crippen LogP contribution in [0, 0.1) is 0 Å². The third kappa shape index (κ3) is 4.20. The molecule has 28 heavy (non-hydrogen) atoms. The standard InChI is InChI=1S/C25H29N2P/c1-21-25(18-19-27(21)20-22-12-6-3-7-13-22)26(2)28(23-14-8-4-9-15-23)24-16-10-5-11-17-24/h3-17,21,25H,18-20H2,1-2H3/t21-,25-/m1/s1. The van der Waals surface area contributed by atoms with Crippen molar-refractivity contribution < 1.29 is 0 Å². The van der Waals surface area contributed by atoms with E-state index < -0.39 is 8.07 Å². The van der Waals surface area contributed by atoms with Gasteiger partial charge in [-0.3, -0.25) is 9.57 Å².